The predicted molar refractivity (Wildman–Crippen MR) is 127 cm³/mol. The molecule has 2 aromatic carbocycles. The molecule has 0 aliphatic carbocycles. The van der Waals surface area contributed by atoms with Gasteiger partial charge in [0.25, 0.3) is 5.91 Å². The van der Waals surface area contributed by atoms with Crippen molar-refractivity contribution in [3.05, 3.63) is 94.9 Å². The molecule has 0 atom stereocenters. The van der Waals surface area contributed by atoms with Gasteiger partial charge in [-0.15, -0.1) is 0 Å². The van der Waals surface area contributed by atoms with Crippen molar-refractivity contribution in [3.8, 4) is 0 Å². The lowest BCUT2D eigenvalue weighted by Crippen LogP contribution is -2.30. The Morgan fingerprint density at radius 3 is 2.73 bits per heavy atom. The average molecular weight is 447 g/mol. The summed E-state index contributed by atoms with van der Waals surface area (Å²) >= 11 is 0. The fourth-order valence-corrected chi connectivity index (χ4v) is 3.98. The number of furan rings is 1. The molecule has 0 saturated carbocycles. The number of nitrogens with zero attached hydrogens (tertiary/aromatic N) is 2. The summed E-state index contributed by atoms with van der Waals surface area (Å²) in [6, 6.07) is 18.9. The number of carbonyl (C=O) groups is 1. The maximum atomic E-state index is 12.4. The van der Waals surface area contributed by atoms with E-state index < -0.39 is 0 Å². The van der Waals surface area contributed by atoms with Crippen LogP contribution in [-0.4, -0.2) is 29.7 Å². The second kappa shape index (κ2) is 11.3. The van der Waals surface area contributed by atoms with Crippen LogP contribution in [-0.2, 0) is 24.5 Å². The van der Waals surface area contributed by atoms with Crippen LogP contribution in [0.5, 0.6) is 0 Å². The van der Waals surface area contributed by atoms with Crippen molar-refractivity contribution >= 4 is 11.7 Å². The number of amidine groups is 1. The average Bonchev–Trinajstić information content (AvgIpc) is 3.37. The third-order valence-electron chi connectivity index (χ3n) is 5.72. The van der Waals surface area contributed by atoms with Gasteiger partial charge in [0, 0.05) is 17.7 Å². The van der Waals surface area contributed by atoms with E-state index in [1.54, 1.807) is 24.5 Å². The van der Waals surface area contributed by atoms with Gasteiger partial charge in [-0.05, 0) is 61.3 Å². The van der Waals surface area contributed by atoms with Gasteiger partial charge >= 0.3 is 0 Å². The van der Waals surface area contributed by atoms with Crippen LogP contribution in [0.4, 0.5) is 0 Å². The summed E-state index contributed by atoms with van der Waals surface area (Å²) in [5, 5.41) is 6.99. The molecule has 1 fully saturated rings. The molecule has 0 bridgehead atoms. The molecule has 0 spiro atoms. The maximum absolute atomic E-state index is 12.4. The van der Waals surface area contributed by atoms with E-state index in [1.807, 2.05) is 36.4 Å². The van der Waals surface area contributed by atoms with Crippen molar-refractivity contribution < 1.29 is 14.0 Å². The molecule has 4 rings (SSSR count). The molecule has 1 saturated heterocycles. The maximum Gasteiger partial charge on any atom is 0.251 e. The van der Waals surface area contributed by atoms with Gasteiger partial charge < -0.3 is 20.3 Å². The van der Waals surface area contributed by atoms with E-state index >= 15 is 0 Å². The number of oxime groups is 1. The van der Waals surface area contributed by atoms with E-state index in [0.717, 1.165) is 36.3 Å². The van der Waals surface area contributed by atoms with Gasteiger partial charge in [-0.25, -0.2) is 0 Å². The normalized spacial score (nSPS) is 14.7. The first-order chi connectivity index (χ1) is 16.2. The molecule has 3 N–H and O–H groups in total. The monoisotopic (exact) mass is 446 g/mol. The third-order valence-corrected chi connectivity index (χ3v) is 5.72. The fourth-order valence-electron chi connectivity index (χ4n) is 3.98. The first kappa shape index (κ1) is 22.6. The lowest BCUT2D eigenvalue weighted by atomic mass is 10.0. The van der Waals surface area contributed by atoms with Gasteiger partial charge in [0.1, 0.15) is 12.4 Å². The van der Waals surface area contributed by atoms with Gasteiger partial charge in [-0.2, -0.15) is 0 Å². The number of hydrogen-bond donors (Lipinski definition) is 2. The minimum atomic E-state index is -0.178. The Bertz CT molecular complexity index is 1070. The van der Waals surface area contributed by atoms with Crippen molar-refractivity contribution in [3.63, 3.8) is 0 Å². The second-order valence-electron chi connectivity index (χ2n) is 8.21. The second-order valence-corrected chi connectivity index (χ2v) is 8.21. The molecule has 0 unspecified atom stereocenters. The van der Waals surface area contributed by atoms with Gasteiger partial charge in [-0.1, -0.05) is 48.0 Å². The standard InChI is InChI=1S/C26H30N4O3/c27-25(24-12-3-2-9-22(24)18-30-13-4-1-5-14-30)29-33-19-20-8-6-10-21(16-20)26(31)28-17-23-11-7-15-32-23/h2-3,6-12,15-16H,1,4-5,13-14,17-19H2,(H2,27,29)(H,28,31). The number of benzene rings is 2. The zero-order valence-corrected chi connectivity index (χ0v) is 18.7. The van der Waals surface area contributed by atoms with E-state index in [1.165, 1.54) is 19.3 Å². The van der Waals surface area contributed by atoms with Crippen LogP contribution in [0.2, 0.25) is 0 Å². The summed E-state index contributed by atoms with van der Waals surface area (Å²) in [5.74, 6) is 0.881. The van der Waals surface area contributed by atoms with Gasteiger partial charge in [0.05, 0.1) is 12.8 Å². The predicted octanol–water partition coefficient (Wildman–Crippen LogP) is 4.03. The van der Waals surface area contributed by atoms with Crippen molar-refractivity contribution in [1.29, 1.82) is 0 Å². The molecule has 1 aliphatic rings. The Balaban J connectivity index is 1.34. The number of nitrogens with two attached hydrogens (primary N) is 1. The zero-order chi connectivity index (χ0) is 22.9. The van der Waals surface area contributed by atoms with Crippen LogP contribution >= 0.6 is 0 Å². The fraction of sp³-hybridized carbons (Fsp3) is 0.308. The zero-order valence-electron chi connectivity index (χ0n) is 18.7. The van der Waals surface area contributed by atoms with Crippen LogP contribution in [0.15, 0.2) is 76.5 Å². The molecule has 1 aliphatic heterocycles. The van der Waals surface area contributed by atoms with Crippen molar-refractivity contribution in [2.75, 3.05) is 13.1 Å². The Morgan fingerprint density at radius 1 is 1.06 bits per heavy atom. The molecule has 7 heteroatoms. The van der Waals surface area contributed by atoms with Crippen molar-refractivity contribution in [1.82, 2.24) is 10.2 Å². The molecule has 172 valence electrons. The summed E-state index contributed by atoms with van der Waals surface area (Å²) in [6.07, 6.45) is 5.38. The lowest BCUT2D eigenvalue weighted by Gasteiger charge is -2.27. The number of piperidine rings is 1. The Labute approximate surface area is 194 Å². The molecule has 1 amide bonds. The quantitative estimate of drug-likeness (QED) is 0.294. The summed E-state index contributed by atoms with van der Waals surface area (Å²) in [6.45, 7) is 3.65. The number of amides is 1. The van der Waals surface area contributed by atoms with E-state index in [2.05, 4.69) is 21.4 Å². The molecule has 33 heavy (non-hydrogen) atoms. The number of nitrogens with one attached hydrogen (secondary N) is 1. The smallest absolute Gasteiger partial charge is 0.251 e. The minimum absolute atomic E-state index is 0.178. The van der Waals surface area contributed by atoms with Crippen LogP contribution in [0.3, 0.4) is 0 Å². The summed E-state index contributed by atoms with van der Waals surface area (Å²) < 4.78 is 5.24. The van der Waals surface area contributed by atoms with Crippen LogP contribution < -0.4 is 11.1 Å². The van der Waals surface area contributed by atoms with Crippen LogP contribution in [0, 0.1) is 0 Å². The van der Waals surface area contributed by atoms with Gasteiger partial charge in [-0.3, -0.25) is 9.69 Å². The van der Waals surface area contributed by atoms with E-state index in [0.29, 0.717) is 23.7 Å². The SMILES string of the molecule is N/C(=N/OCc1cccc(C(=O)NCc2ccco2)c1)c1ccccc1CN1CCCCC1. The highest BCUT2D eigenvalue weighted by molar-refractivity contribution is 5.98. The first-order valence-electron chi connectivity index (χ1n) is 11.3. The van der Waals surface area contributed by atoms with Gasteiger partial charge in [0.2, 0.25) is 0 Å². The lowest BCUT2D eigenvalue weighted by molar-refractivity contribution is 0.0947. The Hall–Kier alpha value is -3.58. The van der Waals surface area contributed by atoms with E-state index in [-0.39, 0.29) is 12.5 Å². The van der Waals surface area contributed by atoms with E-state index in [9.17, 15) is 4.79 Å². The molecule has 2 heterocycles. The van der Waals surface area contributed by atoms with Crippen molar-refractivity contribution in [2.45, 2.75) is 39.0 Å². The summed E-state index contributed by atoms with van der Waals surface area (Å²) in [7, 11) is 0. The number of rotatable bonds is 9. The molecule has 0 radical (unpaired) electrons. The molecule has 7 nitrogen and oxygen atoms in total. The topological polar surface area (TPSA) is 93.1 Å². The highest BCUT2D eigenvalue weighted by Crippen LogP contribution is 2.16. The molecular formula is C26H30N4O3. The highest BCUT2D eigenvalue weighted by Gasteiger charge is 2.14. The summed E-state index contributed by atoms with van der Waals surface area (Å²) in [4.78, 5) is 20.4. The summed E-state index contributed by atoms with van der Waals surface area (Å²) in [5.41, 5.74) is 9.69. The van der Waals surface area contributed by atoms with Crippen molar-refractivity contribution in [2.24, 2.45) is 10.9 Å². The Morgan fingerprint density at radius 2 is 1.91 bits per heavy atom. The number of carbonyl (C=O) groups excluding carboxylic acids is 1. The molecule has 3 aromatic rings. The minimum Gasteiger partial charge on any atom is -0.467 e. The van der Waals surface area contributed by atoms with Crippen LogP contribution in [0.25, 0.3) is 0 Å². The Kier molecular flexibility index (Phi) is 7.76. The number of hydrogen-bond acceptors (Lipinski definition) is 5. The van der Waals surface area contributed by atoms with Gasteiger partial charge in [0.15, 0.2) is 5.84 Å². The first-order valence-corrected chi connectivity index (χ1v) is 11.3. The molecular weight excluding hydrogens is 416 g/mol. The molecule has 1 aromatic heterocycles. The number of likely N-dealkylation sites (tertiary alicyclic amines) is 1. The third kappa shape index (κ3) is 6.46. The largest absolute Gasteiger partial charge is 0.467 e. The van der Waals surface area contributed by atoms with Crippen LogP contribution in [0.1, 0.15) is 52.1 Å². The van der Waals surface area contributed by atoms with E-state index in [4.69, 9.17) is 15.0 Å². The highest BCUT2D eigenvalue weighted by atomic mass is 16.6.